The fourth-order valence-corrected chi connectivity index (χ4v) is 2.18. The van der Waals surface area contributed by atoms with Gasteiger partial charge < -0.3 is 20.4 Å². The summed E-state index contributed by atoms with van der Waals surface area (Å²) in [4.78, 5) is 23.1. The van der Waals surface area contributed by atoms with Crippen LogP contribution in [0.15, 0.2) is 28.7 Å². The van der Waals surface area contributed by atoms with E-state index in [0.29, 0.717) is 19.6 Å². The molecule has 0 saturated carbocycles. The SMILES string of the molecule is Cc1c(CNC(=O)NCCNC(=O)C(C)C)oc2ccccc12. The molecule has 23 heavy (non-hydrogen) atoms. The van der Waals surface area contributed by atoms with Crippen molar-refractivity contribution in [3.05, 3.63) is 35.6 Å². The molecule has 0 bridgehead atoms. The summed E-state index contributed by atoms with van der Waals surface area (Å²) in [6.07, 6.45) is 0. The minimum absolute atomic E-state index is 0.0230. The normalized spacial score (nSPS) is 10.8. The van der Waals surface area contributed by atoms with E-state index in [-0.39, 0.29) is 17.9 Å². The molecule has 2 aromatic rings. The predicted octanol–water partition coefficient (Wildman–Crippen LogP) is 2.31. The van der Waals surface area contributed by atoms with E-state index in [9.17, 15) is 9.59 Å². The van der Waals surface area contributed by atoms with Crippen molar-refractivity contribution < 1.29 is 14.0 Å². The molecule has 0 unspecified atom stereocenters. The summed E-state index contributed by atoms with van der Waals surface area (Å²) in [7, 11) is 0. The highest BCUT2D eigenvalue weighted by atomic mass is 16.3. The average Bonchev–Trinajstić information content (AvgIpc) is 2.86. The van der Waals surface area contributed by atoms with Gasteiger partial charge in [0.15, 0.2) is 0 Å². The van der Waals surface area contributed by atoms with Crippen molar-refractivity contribution in [2.45, 2.75) is 27.3 Å². The predicted molar refractivity (Wildman–Crippen MR) is 89.0 cm³/mol. The van der Waals surface area contributed by atoms with Gasteiger partial charge in [0.1, 0.15) is 11.3 Å². The third kappa shape index (κ3) is 4.48. The Morgan fingerprint density at radius 1 is 1.09 bits per heavy atom. The van der Waals surface area contributed by atoms with Gasteiger partial charge in [-0.05, 0) is 13.0 Å². The van der Waals surface area contributed by atoms with E-state index in [0.717, 1.165) is 22.3 Å². The van der Waals surface area contributed by atoms with Crippen LogP contribution in [0.5, 0.6) is 0 Å². The van der Waals surface area contributed by atoms with Crippen LogP contribution in [0.25, 0.3) is 11.0 Å². The highest BCUT2D eigenvalue weighted by Crippen LogP contribution is 2.24. The Morgan fingerprint density at radius 3 is 2.48 bits per heavy atom. The first-order valence-corrected chi connectivity index (χ1v) is 7.75. The number of hydrogen-bond donors (Lipinski definition) is 3. The third-order valence-corrected chi connectivity index (χ3v) is 3.59. The number of fused-ring (bicyclic) bond motifs is 1. The molecule has 0 aliphatic heterocycles. The number of para-hydroxylation sites is 1. The molecule has 0 aliphatic carbocycles. The van der Waals surface area contributed by atoms with Crippen molar-refractivity contribution in [2.24, 2.45) is 5.92 Å². The van der Waals surface area contributed by atoms with E-state index in [1.54, 1.807) is 0 Å². The summed E-state index contributed by atoms with van der Waals surface area (Å²) in [6.45, 7) is 6.74. The summed E-state index contributed by atoms with van der Waals surface area (Å²) < 4.78 is 5.73. The van der Waals surface area contributed by atoms with Gasteiger partial charge in [0.05, 0.1) is 6.54 Å². The Morgan fingerprint density at radius 2 is 1.78 bits per heavy atom. The first-order chi connectivity index (χ1) is 11.0. The number of carbonyl (C=O) groups excluding carboxylic acids is 2. The molecule has 6 nitrogen and oxygen atoms in total. The lowest BCUT2D eigenvalue weighted by Gasteiger charge is -2.09. The quantitative estimate of drug-likeness (QED) is 0.715. The average molecular weight is 317 g/mol. The zero-order valence-corrected chi connectivity index (χ0v) is 13.7. The number of rotatable bonds is 6. The zero-order valence-electron chi connectivity index (χ0n) is 13.7. The van der Waals surface area contributed by atoms with Gasteiger partial charge >= 0.3 is 6.03 Å². The Hall–Kier alpha value is -2.50. The number of furan rings is 1. The minimum Gasteiger partial charge on any atom is -0.459 e. The summed E-state index contributed by atoms with van der Waals surface area (Å²) >= 11 is 0. The second-order valence-electron chi connectivity index (χ2n) is 5.70. The van der Waals surface area contributed by atoms with E-state index < -0.39 is 0 Å². The molecule has 0 fully saturated rings. The van der Waals surface area contributed by atoms with Crippen molar-refractivity contribution in [3.63, 3.8) is 0 Å². The monoisotopic (exact) mass is 317 g/mol. The second-order valence-corrected chi connectivity index (χ2v) is 5.70. The molecule has 0 atom stereocenters. The van der Waals surface area contributed by atoms with E-state index in [1.165, 1.54) is 0 Å². The molecule has 124 valence electrons. The molecule has 1 aromatic heterocycles. The van der Waals surface area contributed by atoms with Gasteiger partial charge in [-0.3, -0.25) is 4.79 Å². The van der Waals surface area contributed by atoms with Crippen molar-refractivity contribution in [3.8, 4) is 0 Å². The van der Waals surface area contributed by atoms with Crippen molar-refractivity contribution in [1.82, 2.24) is 16.0 Å². The molecule has 0 spiro atoms. The molecular weight excluding hydrogens is 294 g/mol. The number of amides is 3. The lowest BCUT2D eigenvalue weighted by molar-refractivity contribution is -0.123. The van der Waals surface area contributed by atoms with Crippen molar-refractivity contribution in [2.75, 3.05) is 13.1 Å². The standard InChI is InChI=1S/C17H23N3O3/c1-11(2)16(21)18-8-9-19-17(22)20-10-15-12(3)13-6-4-5-7-14(13)23-15/h4-7,11H,8-10H2,1-3H3,(H,18,21)(H2,19,20,22). The largest absolute Gasteiger partial charge is 0.459 e. The molecule has 0 radical (unpaired) electrons. The fourth-order valence-electron chi connectivity index (χ4n) is 2.18. The molecule has 1 aromatic carbocycles. The first kappa shape index (κ1) is 16.9. The number of carbonyl (C=O) groups is 2. The van der Waals surface area contributed by atoms with E-state index >= 15 is 0 Å². The summed E-state index contributed by atoms with van der Waals surface area (Å²) in [6, 6.07) is 7.49. The zero-order chi connectivity index (χ0) is 16.8. The van der Waals surface area contributed by atoms with Crippen LogP contribution in [-0.2, 0) is 11.3 Å². The van der Waals surface area contributed by atoms with Gasteiger partial charge in [-0.2, -0.15) is 0 Å². The number of urea groups is 1. The summed E-state index contributed by atoms with van der Waals surface area (Å²) in [5, 5.41) is 9.24. The first-order valence-electron chi connectivity index (χ1n) is 7.75. The minimum atomic E-state index is -0.288. The summed E-state index contributed by atoms with van der Waals surface area (Å²) in [5.74, 6) is 0.666. The van der Waals surface area contributed by atoms with Gasteiger partial charge in [0.25, 0.3) is 0 Å². The lowest BCUT2D eigenvalue weighted by Crippen LogP contribution is -2.40. The smallest absolute Gasteiger partial charge is 0.315 e. The van der Waals surface area contributed by atoms with Gasteiger partial charge in [-0.1, -0.05) is 32.0 Å². The van der Waals surface area contributed by atoms with Crippen molar-refractivity contribution in [1.29, 1.82) is 0 Å². The van der Waals surface area contributed by atoms with Crippen LogP contribution in [0.4, 0.5) is 4.79 Å². The van der Waals surface area contributed by atoms with E-state index in [4.69, 9.17) is 4.42 Å². The highest BCUT2D eigenvalue weighted by molar-refractivity contribution is 5.82. The summed E-state index contributed by atoms with van der Waals surface area (Å²) in [5.41, 5.74) is 1.85. The maximum absolute atomic E-state index is 11.7. The van der Waals surface area contributed by atoms with E-state index in [1.807, 2.05) is 45.0 Å². The van der Waals surface area contributed by atoms with Crippen molar-refractivity contribution >= 4 is 22.9 Å². The maximum Gasteiger partial charge on any atom is 0.315 e. The van der Waals surface area contributed by atoms with Crippen LogP contribution in [0.3, 0.4) is 0 Å². The molecule has 3 amide bonds. The number of benzene rings is 1. The molecule has 2 rings (SSSR count). The molecule has 0 saturated heterocycles. The lowest BCUT2D eigenvalue weighted by atomic mass is 10.1. The second kappa shape index (κ2) is 7.67. The van der Waals surface area contributed by atoms with Crippen LogP contribution >= 0.6 is 0 Å². The maximum atomic E-state index is 11.7. The molecule has 1 heterocycles. The van der Waals surface area contributed by atoms with Crippen LogP contribution in [0.1, 0.15) is 25.2 Å². The fraction of sp³-hybridized carbons (Fsp3) is 0.412. The molecule has 0 aliphatic rings. The Kier molecular flexibility index (Phi) is 5.62. The van der Waals surface area contributed by atoms with Crippen LogP contribution in [-0.4, -0.2) is 25.0 Å². The molecule has 6 heteroatoms. The third-order valence-electron chi connectivity index (χ3n) is 3.59. The van der Waals surface area contributed by atoms with Crippen LogP contribution < -0.4 is 16.0 Å². The molecular formula is C17H23N3O3. The van der Waals surface area contributed by atoms with Gasteiger partial charge in [0, 0.05) is 30.0 Å². The van der Waals surface area contributed by atoms with Crippen LogP contribution in [0, 0.1) is 12.8 Å². The van der Waals surface area contributed by atoms with Crippen LogP contribution in [0.2, 0.25) is 0 Å². The highest BCUT2D eigenvalue weighted by Gasteiger charge is 2.11. The van der Waals surface area contributed by atoms with E-state index in [2.05, 4.69) is 16.0 Å². The topological polar surface area (TPSA) is 83.4 Å². The van der Waals surface area contributed by atoms with Gasteiger partial charge in [-0.15, -0.1) is 0 Å². The number of hydrogen-bond acceptors (Lipinski definition) is 3. The van der Waals surface area contributed by atoms with Gasteiger partial charge in [-0.25, -0.2) is 4.79 Å². The Bertz CT molecular complexity index is 691. The Balaban J connectivity index is 1.75. The molecule has 3 N–H and O–H groups in total. The van der Waals surface area contributed by atoms with Gasteiger partial charge in [0.2, 0.25) is 5.91 Å². The number of aryl methyl sites for hydroxylation is 1. The number of nitrogens with one attached hydrogen (secondary N) is 3. The Labute approximate surface area is 135 Å².